The van der Waals surface area contributed by atoms with Crippen LogP contribution in [0.25, 0.3) is 0 Å². The largest absolute Gasteiger partial charge is 0.355 e. The molecule has 1 aromatic carbocycles. The lowest BCUT2D eigenvalue weighted by Crippen LogP contribution is -2.41. The summed E-state index contributed by atoms with van der Waals surface area (Å²) in [6.45, 7) is 1.40. The summed E-state index contributed by atoms with van der Waals surface area (Å²) in [4.78, 5) is 14.5. The minimum Gasteiger partial charge on any atom is -0.355 e. The molecule has 0 bridgehead atoms. The Kier molecular flexibility index (Phi) is 4.37. The summed E-state index contributed by atoms with van der Waals surface area (Å²) < 4.78 is 0. The highest BCUT2D eigenvalue weighted by molar-refractivity contribution is 7.99. The normalized spacial score (nSPS) is 31.6. The molecule has 1 N–H and O–H groups in total. The number of aryl methyl sites for hydroxylation is 1. The van der Waals surface area contributed by atoms with Crippen molar-refractivity contribution >= 4 is 17.7 Å². The smallest absolute Gasteiger partial charge is 0.234 e. The van der Waals surface area contributed by atoms with Gasteiger partial charge in [0.25, 0.3) is 0 Å². The molecule has 0 unspecified atom stereocenters. The van der Waals surface area contributed by atoms with Gasteiger partial charge in [-0.1, -0.05) is 24.3 Å². The lowest BCUT2D eigenvalue weighted by Gasteiger charge is -2.22. The number of likely N-dealkylation sites (N-methyl/N-ethyl adjacent to an activating group) is 1. The van der Waals surface area contributed by atoms with Crippen LogP contribution in [0.3, 0.4) is 0 Å². The summed E-state index contributed by atoms with van der Waals surface area (Å²) in [5.74, 6) is 4.77. The van der Waals surface area contributed by atoms with Gasteiger partial charge in [-0.3, -0.25) is 9.69 Å². The average Bonchev–Trinajstić information content (AvgIpc) is 3.00. The molecule has 1 amide bonds. The number of hydrogen-bond acceptors (Lipinski definition) is 3. The predicted octanol–water partition coefficient (Wildman–Crippen LogP) is 2.52. The zero-order valence-corrected chi connectivity index (χ0v) is 14.6. The van der Waals surface area contributed by atoms with Crippen LogP contribution in [0, 0.1) is 11.8 Å². The first-order valence-corrected chi connectivity index (χ1v) is 10.0. The Balaban J connectivity index is 1.27. The van der Waals surface area contributed by atoms with Crippen LogP contribution in [-0.2, 0) is 11.2 Å². The van der Waals surface area contributed by atoms with Crippen molar-refractivity contribution in [3.8, 4) is 0 Å². The molecule has 0 spiro atoms. The van der Waals surface area contributed by atoms with Gasteiger partial charge in [-0.15, -0.1) is 0 Å². The van der Waals surface area contributed by atoms with Gasteiger partial charge in [0.05, 0.1) is 6.54 Å². The topological polar surface area (TPSA) is 32.3 Å². The second kappa shape index (κ2) is 6.48. The van der Waals surface area contributed by atoms with Gasteiger partial charge in [0.1, 0.15) is 0 Å². The van der Waals surface area contributed by atoms with Gasteiger partial charge in [0.15, 0.2) is 0 Å². The number of hydrogen-bond donors (Lipinski definition) is 1. The Labute approximate surface area is 143 Å². The summed E-state index contributed by atoms with van der Waals surface area (Å²) in [7, 11) is 2.09. The maximum Gasteiger partial charge on any atom is 0.234 e. The third-order valence-corrected chi connectivity index (χ3v) is 7.09. The van der Waals surface area contributed by atoms with E-state index in [0.717, 1.165) is 12.5 Å². The average molecular weight is 330 g/mol. The fourth-order valence-corrected chi connectivity index (χ4v) is 5.80. The monoisotopic (exact) mass is 330 g/mol. The van der Waals surface area contributed by atoms with Gasteiger partial charge >= 0.3 is 0 Å². The van der Waals surface area contributed by atoms with E-state index in [4.69, 9.17) is 0 Å². The van der Waals surface area contributed by atoms with Crippen LogP contribution in [0.15, 0.2) is 24.3 Å². The Morgan fingerprint density at radius 3 is 3.04 bits per heavy atom. The second-order valence-electron chi connectivity index (χ2n) is 7.33. The molecule has 3 nitrogen and oxygen atoms in total. The number of nitrogens with one attached hydrogen (secondary N) is 1. The molecule has 23 heavy (non-hydrogen) atoms. The molecule has 2 fully saturated rings. The number of amides is 1. The minimum atomic E-state index is 0.196. The first kappa shape index (κ1) is 15.5. The van der Waals surface area contributed by atoms with Crippen LogP contribution in [0.4, 0.5) is 0 Å². The Morgan fingerprint density at radius 2 is 2.22 bits per heavy atom. The third-order valence-electron chi connectivity index (χ3n) is 5.95. The highest BCUT2D eigenvalue weighted by Gasteiger charge is 2.52. The van der Waals surface area contributed by atoms with Crippen LogP contribution >= 0.6 is 11.8 Å². The van der Waals surface area contributed by atoms with Crippen LogP contribution < -0.4 is 5.32 Å². The van der Waals surface area contributed by atoms with Gasteiger partial charge in [0.2, 0.25) is 5.91 Å². The van der Waals surface area contributed by atoms with Crippen molar-refractivity contribution in [2.24, 2.45) is 11.8 Å². The SMILES string of the molecule is CN(CC(=O)NC[C@@H]1[C@@H]2CCc3ccccc3[C@@H]12)[C@H]1CCSC1. The predicted molar refractivity (Wildman–Crippen MR) is 95.9 cm³/mol. The van der Waals surface area contributed by atoms with E-state index in [1.165, 1.54) is 36.3 Å². The van der Waals surface area contributed by atoms with Gasteiger partial charge in [-0.05, 0) is 60.9 Å². The lowest BCUT2D eigenvalue weighted by atomic mass is 9.92. The first-order valence-electron chi connectivity index (χ1n) is 8.86. The molecular weight excluding hydrogens is 304 g/mol. The number of nitrogens with zero attached hydrogens (tertiary/aromatic N) is 1. The molecule has 1 saturated heterocycles. The fourth-order valence-electron chi connectivity index (χ4n) is 4.50. The Bertz CT molecular complexity index is 584. The van der Waals surface area contributed by atoms with Gasteiger partial charge < -0.3 is 5.32 Å². The number of carbonyl (C=O) groups is 1. The van der Waals surface area contributed by atoms with Crippen molar-refractivity contribution in [3.05, 3.63) is 35.4 Å². The van der Waals surface area contributed by atoms with Crippen molar-refractivity contribution in [3.63, 3.8) is 0 Å². The summed E-state index contributed by atoms with van der Waals surface area (Å²) in [5.41, 5.74) is 3.07. The third kappa shape index (κ3) is 3.16. The number of thioether (sulfide) groups is 1. The molecule has 4 heteroatoms. The quantitative estimate of drug-likeness (QED) is 0.900. The molecule has 0 aromatic heterocycles. The lowest BCUT2D eigenvalue weighted by molar-refractivity contribution is -0.122. The zero-order chi connectivity index (χ0) is 15.8. The second-order valence-corrected chi connectivity index (χ2v) is 8.48. The van der Waals surface area contributed by atoms with Crippen LogP contribution in [0.5, 0.6) is 0 Å². The molecular formula is C19H26N2OS. The number of carbonyl (C=O) groups excluding carboxylic acids is 1. The molecule has 3 aliphatic rings. The van der Waals surface area contributed by atoms with E-state index < -0.39 is 0 Å². The van der Waals surface area contributed by atoms with Crippen molar-refractivity contribution in [2.45, 2.75) is 31.2 Å². The molecule has 2 aliphatic carbocycles. The van der Waals surface area contributed by atoms with Crippen LogP contribution in [0.2, 0.25) is 0 Å². The van der Waals surface area contributed by atoms with Crippen LogP contribution in [-0.4, -0.2) is 48.5 Å². The van der Waals surface area contributed by atoms with Crippen LogP contribution in [0.1, 0.15) is 29.9 Å². The highest BCUT2D eigenvalue weighted by atomic mass is 32.2. The van der Waals surface area contributed by atoms with Gasteiger partial charge in [0, 0.05) is 18.3 Å². The molecule has 124 valence electrons. The summed E-state index contributed by atoms with van der Waals surface area (Å²) in [6.07, 6.45) is 3.73. The van der Waals surface area contributed by atoms with E-state index in [1.54, 1.807) is 5.56 Å². The molecule has 4 atom stereocenters. The first-order chi connectivity index (χ1) is 11.2. The molecule has 1 aromatic rings. The Morgan fingerprint density at radius 1 is 1.35 bits per heavy atom. The molecule has 4 rings (SSSR count). The summed E-state index contributed by atoms with van der Waals surface area (Å²) in [6, 6.07) is 9.45. The molecule has 0 radical (unpaired) electrons. The van der Waals surface area contributed by atoms with Crippen molar-refractivity contribution in [2.75, 3.05) is 31.6 Å². The van der Waals surface area contributed by atoms with E-state index in [0.29, 0.717) is 24.4 Å². The molecule has 1 heterocycles. The highest BCUT2D eigenvalue weighted by Crippen LogP contribution is 2.59. The fraction of sp³-hybridized carbons (Fsp3) is 0.632. The summed E-state index contributed by atoms with van der Waals surface area (Å²) in [5, 5.41) is 3.20. The van der Waals surface area contributed by atoms with Gasteiger partial charge in [-0.2, -0.15) is 11.8 Å². The molecule has 1 aliphatic heterocycles. The van der Waals surface area contributed by atoms with E-state index in [2.05, 4.69) is 41.5 Å². The van der Waals surface area contributed by atoms with Gasteiger partial charge in [-0.25, -0.2) is 0 Å². The number of benzene rings is 1. The van der Waals surface area contributed by atoms with Crippen molar-refractivity contribution < 1.29 is 4.79 Å². The molecule has 1 saturated carbocycles. The minimum absolute atomic E-state index is 0.196. The van der Waals surface area contributed by atoms with E-state index in [1.807, 2.05) is 11.8 Å². The van der Waals surface area contributed by atoms with E-state index >= 15 is 0 Å². The number of rotatable bonds is 5. The maximum atomic E-state index is 12.2. The van der Waals surface area contributed by atoms with E-state index in [-0.39, 0.29) is 5.91 Å². The van der Waals surface area contributed by atoms with E-state index in [9.17, 15) is 4.79 Å². The van der Waals surface area contributed by atoms with Crippen molar-refractivity contribution in [1.82, 2.24) is 10.2 Å². The summed E-state index contributed by atoms with van der Waals surface area (Å²) >= 11 is 2.00. The number of fused-ring (bicyclic) bond motifs is 3. The standard InChI is InChI=1S/C19H26N2OS/c1-21(14-8-9-23-12-14)11-18(22)20-10-17-16-7-6-13-4-2-3-5-15(13)19(16)17/h2-5,14,16-17,19H,6-12H2,1H3,(H,20,22)/t14-,16-,17+,19+/m0/s1. The zero-order valence-electron chi connectivity index (χ0n) is 13.8. The Hall–Kier alpha value is -1.00. The maximum absolute atomic E-state index is 12.2. The van der Waals surface area contributed by atoms with Crippen molar-refractivity contribution in [1.29, 1.82) is 0 Å².